The highest BCUT2D eigenvalue weighted by Crippen LogP contribution is 2.55. The van der Waals surface area contributed by atoms with E-state index in [1.165, 1.54) is 12.8 Å². The van der Waals surface area contributed by atoms with Crippen molar-refractivity contribution in [2.45, 2.75) is 38.3 Å². The van der Waals surface area contributed by atoms with Gasteiger partial charge < -0.3 is 23.7 Å². The highest BCUT2D eigenvalue weighted by molar-refractivity contribution is 5.59. The molecule has 0 saturated carbocycles. The van der Waals surface area contributed by atoms with E-state index >= 15 is 0 Å². The summed E-state index contributed by atoms with van der Waals surface area (Å²) in [6.45, 7) is 6.82. The number of fused-ring (bicyclic) bond motifs is 2. The lowest BCUT2D eigenvalue weighted by atomic mass is 9.73. The third-order valence-corrected chi connectivity index (χ3v) is 7.00. The van der Waals surface area contributed by atoms with Gasteiger partial charge in [-0.15, -0.1) is 0 Å². The smallest absolute Gasteiger partial charge is 0.231 e. The van der Waals surface area contributed by atoms with Crippen LogP contribution >= 0.6 is 0 Å². The summed E-state index contributed by atoms with van der Waals surface area (Å²) in [6.07, 6.45) is 2.40. The van der Waals surface area contributed by atoms with Gasteiger partial charge in [0.1, 0.15) is 5.75 Å². The lowest BCUT2D eigenvalue weighted by Gasteiger charge is -2.50. The highest BCUT2D eigenvalue weighted by Gasteiger charge is 2.50. The Hall–Kier alpha value is -2.60. The fraction of sp³-hybridized carbons (Fsp3) is 0.500. The first kappa shape index (κ1) is 19.4. The molecular formula is C24H29NO5. The van der Waals surface area contributed by atoms with E-state index in [4.69, 9.17) is 23.7 Å². The van der Waals surface area contributed by atoms with Crippen molar-refractivity contribution in [3.8, 4) is 28.7 Å². The zero-order valence-corrected chi connectivity index (χ0v) is 18.1. The molecule has 0 spiro atoms. The van der Waals surface area contributed by atoms with E-state index in [1.54, 1.807) is 14.2 Å². The summed E-state index contributed by atoms with van der Waals surface area (Å²) in [6, 6.07) is 10.1. The number of nitrogens with zero attached hydrogens (tertiary/aromatic N) is 1. The third kappa shape index (κ3) is 2.81. The topological polar surface area (TPSA) is 49.4 Å². The Morgan fingerprint density at radius 3 is 2.40 bits per heavy atom. The van der Waals surface area contributed by atoms with Crippen LogP contribution in [-0.2, 0) is 0 Å². The number of rotatable bonds is 4. The molecule has 0 amide bonds. The quantitative estimate of drug-likeness (QED) is 0.743. The molecular weight excluding hydrogens is 382 g/mol. The number of hydrogen-bond donors (Lipinski definition) is 0. The molecule has 0 unspecified atom stereocenters. The van der Waals surface area contributed by atoms with Crippen molar-refractivity contribution in [2.75, 3.05) is 34.1 Å². The van der Waals surface area contributed by atoms with Crippen molar-refractivity contribution < 1.29 is 23.7 Å². The molecule has 0 radical (unpaired) electrons. The normalized spacial score (nSPS) is 27.5. The number of likely N-dealkylation sites (tertiary alicyclic amines) is 1. The van der Waals surface area contributed by atoms with Crippen LogP contribution in [0.3, 0.4) is 0 Å². The Balaban J connectivity index is 1.71. The zero-order valence-electron chi connectivity index (χ0n) is 18.1. The maximum Gasteiger partial charge on any atom is 0.231 e. The fourth-order valence-electron chi connectivity index (χ4n) is 5.27. The molecule has 2 aromatic carbocycles. The first-order valence-electron chi connectivity index (χ1n) is 10.7. The molecule has 30 heavy (non-hydrogen) atoms. The molecule has 3 atom stereocenters. The molecule has 0 aliphatic carbocycles. The van der Waals surface area contributed by atoms with Crippen LogP contribution in [0.25, 0.3) is 0 Å². The van der Waals surface area contributed by atoms with Crippen LogP contribution in [0, 0.1) is 5.92 Å². The van der Waals surface area contributed by atoms with E-state index in [9.17, 15) is 0 Å². The van der Waals surface area contributed by atoms with Gasteiger partial charge >= 0.3 is 0 Å². The predicted octanol–water partition coefficient (Wildman–Crippen LogP) is 4.40. The van der Waals surface area contributed by atoms with Crippen molar-refractivity contribution in [3.05, 3.63) is 41.5 Å². The summed E-state index contributed by atoms with van der Waals surface area (Å²) in [4.78, 5) is 2.48. The number of hydrogen-bond acceptors (Lipinski definition) is 6. The van der Waals surface area contributed by atoms with Crippen molar-refractivity contribution in [1.82, 2.24) is 4.90 Å². The van der Waals surface area contributed by atoms with Gasteiger partial charge in [0.15, 0.2) is 28.7 Å². The molecule has 0 N–H and O–H groups in total. The maximum atomic E-state index is 6.74. The largest absolute Gasteiger partial charge is 0.493 e. The van der Waals surface area contributed by atoms with Gasteiger partial charge in [-0.1, -0.05) is 19.1 Å². The van der Waals surface area contributed by atoms with Gasteiger partial charge in [-0.05, 0) is 31.9 Å². The van der Waals surface area contributed by atoms with Crippen LogP contribution in [0.2, 0.25) is 0 Å². The highest BCUT2D eigenvalue weighted by atomic mass is 16.7. The zero-order chi connectivity index (χ0) is 20.9. The Kier molecular flexibility index (Phi) is 4.69. The van der Waals surface area contributed by atoms with Gasteiger partial charge in [0, 0.05) is 42.1 Å². The van der Waals surface area contributed by atoms with E-state index in [0.717, 1.165) is 53.0 Å². The minimum absolute atomic E-state index is 0.0545. The molecule has 0 aromatic heterocycles. The van der Waals surface area contributed by atoms with Crippen LogP contribution in [-0.4, -0.2) is 44.7 Å². The lowest BCUT2D eigenvalue weighted by Crippen LogP contribution is -2.57. The van der Waals surface area contributed by atoms with Gasteiger partial charge in [-0.25, -0.2) is 0 Å². The second-order valence-electron chi connectivity index (χ2n) is 8.44. The van der Waals surface area contributed by atoms with Crippen molar-refractivity contribution in [1.29, 1.82) is 0 Å². The molecule has 3 aliphatic heterocycles. The Morgan fingerprint density at radius 2 is 1.70 bits per heavy atom. The molecule has 3 heterocycles. The molecule has 3 aliphatic rings. The van der Waals surface area contributed by atoms with Crippen LogP contribution < -0.4 is 23.7 Å². The van der Waals surface area contributed by atoms with E-state index < -0.39 is 5.72 Å². The van der Waals surface area contributed by atoms with Gasteiger partial charge in [0.05, 0.1) is 14.2 Å². The van der Waals surface area contributed by atoms with E-state index in [2.05, 4.69) is 30.9 Å². The summed E-state index contributed by atoms with van der Waals surface area (Å²) >= 11 is 0. The number of benzene rings is 2. The molecule has 160 valence electrons. The second-order valence-corrected chi connectivity index (χ2v) is 8.44. The van der Waals surface area contributed by atoms with E-state index in [-0.39, 0.29) is 18.6 Å². The minimum Gasteiger partial charge on any atom is -0.493 e. The number of para-hydroxylation sites is 1. The number of methoxy groups -OCH3 is 2. The average Bonchev–Trinajstić information content (AvgIpc) is 3.45. The van der Waals surface area contributed by atoms with Crippen LogP contribution in [0.5, 0.6) is 28.7 Å². The standard InChI is InChI=1S/C24H29NO5/c1-15-22(16-8-7-9-18(26-3)23(16)27-4)17-12-20-21(29-14-28-20)13-19(17)30-24(15,2)25-10-5-6-11-25/h7-9,12-13,15,22H,5-6,10-11,14H2,1-4H3/t15-,22-,24+/m0/s1. The summed E-state index contributed by atoms with van der Waals surface area (Å²) in [7, 11) is 3.38. The Labute approximate surface area is 177 Å². The maximum absolute atomic E-state index is 6.74. The second kappa shape index (κ2) is 7.27. The molecule has 2 aromatic rings. The van der Waals surface area contributed by atoms with Crippen LogP contribution in [0.15, 0.2) is 30.3 Å². The third-order valence-electron chi connectivity index (χ3n) is 7.00. The fourth-order valence-corrected chi connectivity index (χ4v) is 5.27. The molecule has 5 rings (SSSR count). The van der Waals surface area contributed by atoms with Gasteiger partial charge in [0.25, 0.3) is 0 Å². The first-order chi connectivity index (χ1) is 14.6. The van der Waals surface area contributed by atoms with Gasteiger partial charge in [0.2, 0.25) is 6.79 Å². The van der Waals surface area contributed by atoms with Crippen molar-refractivity contribution >= 4 is 0 Å². The lowest BCUT2D eigenvalue weighted by molar-refractivity contribution is -0.114. The van der Waals surface area contributed by atoms with E-state index in [0.29, 0.717) is 0 Å². The summed E-state index contributed by atoms with van der Waals surface area (Å²) in [5.41, 5.74) is 1.75. The van der Waals surface area contributed by atoms with Crippen molar-refractivity contribution in [2.24, 2.45) is 5.92 Å². The summed E-state index contributed by atoms with van der Waals surface area (Å²) in [5.74, 6) is 4.08. The Bertz CT molecular complexity index is 955. The average molecular weight is 411 g/mol. The molecule has 1 saturated heterocycles. The summed E-state index contributed by atoms with van der Waals surface area (Å²) in [5, 5.41) is 0. The van der Waals surface area contributed by atoms with Crippen LogP contribution in [0.4, 0.5) is 0 Å². The predicted molar refractivity (Wildman–Crippen MR) is 113 cm³/mol. The van der Waals surface area contributed by atoms with Crippen molar-refractivity contribution in [3.63, 3.8) is 0 Å². The van der Waals surface area contributed by atoms with E-state index in [1.807, 2.05) is 18.2 Å². The molecule has 0 bridgehead atoms. The number of ether oxygens (including phenoxy) is 5. The van der Waals surface area contributed by atoms with Gasteiger partial charge in [-0.2, -0.15) is 0 Å². The molecule has 1 fully saturated rings. The van der Waals surface area contributed by atoms with Crippen LogP contribution in [0.1, 0.15) is 43.7 Å². The summed E-state index contributed by atoms with van der Waals surface area (Å²) < 4.78 is 29.5. The minimum atomic E-state index is -0.435. The Morgan fingerprint density at radius 1 is 0.967 bits per heavy atom. The van der Waals surface area contributed by atoms with Gasteiger partial charge in [-0.3, -0.25) is 4.90 Å². The SMILES string of the molecule is COc1cccc([C@H]2c3cc4c(cc3O[C@@](C)(N3CCCC3)[C@H]2C)OCO4)c1OC. The first-order valence-corrected chi connectivity index (χ1v) is 10.7. The molecule has 6 heteroatoms. The monoisotopic (exact) mass is 411 g/mol. The molecule has 6 nitrogen and oxygen atoms in total.